The molecule has 0 spiro atoms. The van der Waals surface area contributed by atoms with Crippen molar-refractivity contribution in [3.8, 4) is 0 Å². The molecule has 322 valence electrons. The summed E-state index contributed by atoms with van der Waals surface area (Å²) in [6.45, 7) is 5.28. The maximum absolute atomic E-state index is 12.7. The van der Waals surface area contributed by atoms with Crippen LogP contribution in [-0.2, 0) is 27.9 Å². The first-order valence-corrected chi connectivity index (χ1v) is 23.8. The second-order valence-corrected chi connectivity index (χ2v) is 17.4. The lowest BCUT2D eigenvalue weighted by Crippen LogP contribution is -2.37. The second kappa shape index (κ2) is 39.3. The van der Waals surface area contributed by atoms with Gasteiger partial charge in [0.1, 0.15) is 19.3 Å². The van der Waals surface area contributed by atoms with E-state index in [4.69, 9.17) is 18.5 Å². The van der Waals surface area contributed by atoms with Gasteiger partial charge in [0.05, 0.1) is 34.4 Å². The van der Waals surface area contributed by atoms with Crippen LogP contribution in [-0.4, -0.2) is 70.7 Å². The number of rotatable bonds is 41. The first-order chi connectivity index (χ1) is 26.6. The summed E-state index contributed by atoms with van der Waals surface area (Å²) >= 11 is 0. The number of likely N-dealkylation sites (N-methyl/N-ethyl adjacent to an activating group) is 1. The number of quaternary nitrogens is 1. The van der Waals surface area contributed by atoms with Crippen molar-refractivity contribution < 1.29 is 37.3 Å². The highest BCUT2D eigenvalue weighted by Crippen LogP contribution is 2.38. The Labute approximate surface area is 339 Å². The van der Waals surface area contributed by atoms with Crippen LogP contribution in [0.4, 0.5) is 0 Å². The average Bonchev–Trinajstić information content (AvgIpc) is 3.13. The fourth-order valence-electron chi connectivity index (χ4n) is 5.95. The molecule has 0 aliphatic heterocycles. The molecule has 0 aromatic heterocycles. The number of carbonyl (C=O) groups excluding carboxylic acids is 1. The molecule has 0 saturated carbocycles. The van der Waals surface area contributed by atoms with Crippen LogP contribution in [0.2, 0.25) is 0 Å². The number of phosphoric acid groups is 1. The van der Waals surface area contributed by atoms with Gasteiger partial charge in [0.15, 0.2) is 0 Å². The first kappa shape index (κ1) is 53.5. The molecule has 0 aromatic carbocycles. The summed E-state index contributed by atoms with van der Waals surface area (Å²) in [6, 6.07) is 0. The fourth-order valence-corrected chi connectivity index (χ4v) is 6.68. The summed E-state index contributed by atoms with van der Waals surface area (Å²) in [4.78, 5) is 25.1. The maximum Gasteiger partial charge on any atom is 0.306 e. The molecule has 0 amide bonds. The first-order valence-electron chi connectivity index (χ1n) is 22.4. The van der Waals surface area contributed by atoms with Crippen LogP contribution in [0.15, 0.2) is 48.6 Å². The van der Waals surface area contributed by atoms with Crippen molar-refractivity contribution >= 4 is 13.8 Å². The van der Waals surface area contributed by atoms with Gasteiger partial charge in [0, 0.05) is 13.0 Å². The van der Waals surface area contributed by atoms with Crippen molar-refractivity contribution in [2.24, 2.45) is 0 Å². The van der Waals surface area contributed by atoms with Crippen LogP contribution in [0.3, 0.4) is 0 Å². The van der Waals surface area contributed by atoms with Gasteiger partial charge in [0.2, 0.25) is 0 Å². The van der Waals surface area contributed by atoms with Gasteiger partial charge in [0.25, 0.3) is 7.82 Å². The molecule has 0 bridgehead atoms. The number of unbranched alkanes of at least 4 members (excludes halogenated alkanes) is 19. The monoisotopic (exact) mass is 796 g/mol. The van der Waals surface area contributed by atoms with E-state index in [-0.39, 0.29) is 32.2 Å². The molecule has 2 atom stereocenters. The Morgan fingerprint density at radius 2 is 1.05 bits per heavy atom. The Kier molecular flexibility index (Phi) is 38.2. The second-order valence-electron chi connectivity index (χ2n) is 16.0. The van der Waals surface area contributed by atoms with Crippen LogP contribution >= 0.6 is 7.82 Å². The highest BCUT2D eigenvalue weighted by Gasteiger charge is 2.20. The Bertz CT molecular complexity index is 1020. The van der Waals surface area contributed by atoms with Gasteiger partial charge < -0.3 is 27.9 Å². The van der Waals surface area contributed by atoms with E-state index in [2.05, 4.69) is 62.5 Å². The third-order valence-corrected chi connectivity index (χ3v) is 10.4. The van der Waals surface area contributed by atoms with Gasteiger partial charge in [-0.1, -0.05) is 172 Å². The number of carbonyl (C=O) groups is 1. The SMILES string of the molecule is CC/C=C\C/C=C\C/C=C\C/C=C\CCCCCCC(=O)OC(COCCCCCCCCCCCCCCCCCC)COP(=O)([O-])OCC[N+](C)(C)C. The van der Waals surface area contributed by atoms with E-state index in [1.54, 1.807) is 0 Å². The van der Waals surface area contributed by atoms with Gasteiger partial charge in [-0.15, -0.1) is 0 Å². The van der Waals surface area contributed by atoms with Crippen LogP contribution in [0, 0.1) is 0 Å². The lowest BCUT2D eigenvalue weighted by molar-refractivity contribution is -0.870. The molecule has 0 fully saturated rings. The van der Waals surface area contributed by atoms with Crippen molar-refractivity contribution in [3.05, 3.63) is 48.6 Å². The molecular weight excluding hydrogens is 709 g/mol. The van der Waals surface area contributed by atoms with Crippen LogP contribution < -0.4 is 4.89 Å². The standard InChI is InChI=1S/C46H86NO7P/c1-6-8-10-12-14-16-18-20-22-24-25-27-29-31-33-35-37-39-46(48)54-45(44-53-55(49,50)52-42-40-47(3,4)5)43-51-41-38-36-34-32-30-28-26-23-21-19-17-15-13-11-9-7-2/h8,10,14,16,20,22,25,27,45H,6-7,9,11-13,15,17-19,21,23-24,26,28-44H2,1-5H3/b10-8-,16-14-,22-20-,27-25-. The smallest absolute Gasteiger partial charge is 0.306 e. The van der Waals surface area contributed by atoms with Crippen molar-refractivity contribution in [1.29, 1.82) is 0 Å². The number of nitrogens with zero attached hydrogens (tertiary/aromatic N) is 1. The number of phosphoric ester groups is 1. The van der Waals surface area contributed by atoms with Crippen molar-refractivity contribution in [1.82, 2.24) is 0 Å². The molecule has 0 saturated heterocycles. The number of hydrogen-bond donors (Lipinski definition) is 0. The third-order valence-electron chi connectivity index (χ3n) is 9.39. The molecule has 0 N–H and O–H groups in total. The molecule has 0 radical (unpaired) electrons. The molecular formula is C46H86NO7P. The summed E-state index contributed by atoms with van der Waals surface area (Å²) in [6.07, 6.45) is 46.9. The number of hydrogen-bond acceptors (Lipinski definition) is 7. The average molecular weight is 796 g/mol. The third kappa shape index (κ3) is 43.4. The van der Waals surface area contributed by atoms with E-state index in [9.17, 15) is 14.3 Å². The minimum atomic E-state index is -4.53. The van der Waals surface area contributed by atoms with Gasteiger partial charge in [-0.2, -0.15) is 0 Å². The minimum Gasteiger partial charge on any atom is -0.756 e. The summed E-state index contributed by atoms with van der Waals surface area (Å²) in [5.41, 5.74) is 0. The Morgan fingerprint density at radius 3 is 1.58 bits per heavy atom. The predicted molar refractivity (Wildman–Crippen MR) is 231 cm³/mol. The molecule has 9 heteroatoms. The highest BCUT2D eigenvalue weighted by atomic mass is 31.2. The summed E-state index contributed by atoms with van der Waals surface area (Å²) in [5, 5.41) is 0. The van der Waals surface area contributed by atoms with Crippen LogP contribution in [0.25, 0.3) is 0 Å². The van der Waals surface area contributed by atoms with Crippen molar-refractivity contribution in [2.45, 2.75) is 187 Å². The van der Waals surface area contributed by atoms with Gasteiger partial charge >= 0.3 is 5.97 Å². The van der Waals surface area contributed by atoms with Gasteiger partial charge in [-0.05, 0) is 51.4 Å². The minimum absolute atomic E-state index is 0.0206. The number of esters is 1. The highest BCUT2D eigenvalue weighted by molar-refractivity contribution is 7.45. The summed E-state index contributed by atoms with van der Waals surface area (Å²) in [5.74, 6) is -0.356. The van der Waals surface area contributed by atoms with Gasteiger partial charge in [-0.25, -0.2) is 0 Å². The lowest BCUT2D eigenvalue weighted by Gasteiger charge is -2.28. The molecule has 2 unspecified atom stereocenters. The van der Waals surface area contributed by atoms with Crippen molar-refractivity contribution in [3.63, 3.8) is 0 Å². The van der Waals surface area contributed by atoms with Crippen LogP contribution in [0.5, 0.6) is 0 Å². The quantitative estimate of drug-likeness (QED) is 0.0200. The molecule has 0 aromatic rings. The summed E-state index contributed by atoms with van der Waals surface area (Å²) < 4.78 is 34.6. The van der Waals surface area contributed by atoms with E-state index >= 15 is 0 Å². The van der Waals surface area contributed by atoms with E-state index in [1.165, 1.54) is 89.9 Å². The number of allylic oxidation sites excluding steroid dienone is 8. The van der Waals surface area contributed by atoms with E-state index in [0.29, 0.717) is 17.6 Å². The lowest BCUT2D eigenvalue weighted by atomic mass is 10.0. The topological polar surface area (TPSA) is 94.1 Å². The molecule has 0 rings (SSSR count). The Morgan fingerprint density at radius 1 is 0.582 bits per heavy atom. The van der Waals surface area contributed by atoms with E-state index in [1.807, 2.05) is 21.1 Å². The van der Waals surface area contributed by atoms with Crippen molar-refractivity contribution in [2.75, 3.05) is 54.1 Å². The van der Waals surface area contributed by atoms with Gasteiger partial charge in [-0.3, -0.25) is 9.36 Å². The normalized spacial score (nSPS) is 14.2. The Hall–Kier alpha value is -1.54. The van der Waals surface area contributed by atoms with Crippen LogP contribution in [0.1, 0.15) is 181 Å². The molecule has 0 aliphatic carbocycles. The zero-order valence-electron chi connectivity index (χ0n) is 36.4. The zero-order valence-corrected chi connectivity index (χ0v) is 37.3. The molecule has 8 nitrogen and oxygen atoms in total. The fraction of sp³-hybridized carbons (Fsp3) is 0.804. The Balaban J connectivity index is 4.27. The molecule has 0 aliphatic rings. The predicted octanol–water partition coefficient (Wildman–Crippen LogP) is 12.5. The van der Waals surface area contributed by atoms with E-state index < -0.39 is 13.9 Å². The number of ether oxygens (including phenoxy) is 2. The molecule has 55 heavy (non-hydrogen) atoms. The van der Waals surface area contributed by atoms with E-state index in [0.717, 1.165) is 70.6 Å². The largest absolute Gasteiger partial charge is 0.756 e. The summed E-state index contributed by atoms with van der Waals surface area (Å²) in [7, 11) is 1.34. The zero-order chi connectivity index (χ0) is 40.6. The molecule has 0 heterocycles. The maximum atomic E-state index is 12.7.